The molecule has 0 radical (unpaired) electrons. The van der Waals surface area contributed by atoms with Crippen LogP contribution in [0.2, 0.25) is 0 Å². The first-order valence-corrected chi connectivity index (χ1v) is 13.8. The lowest BCUT2D eigenvalue weighted by molar-refractivity contribution is 0.140. The van der Waals surface area contributed by atoms with Crippen molar-refractivity contribution in [3.63, 3.8) is 0 Å². The smallest absolute Gasteiger partial charge is 0.0843 e. The Morgan fingerprint density at radius 2 is 1.46 bits per heavy atom. The molecule has 1 aliphatic rings. The number of aliphatic hydroxyl groups excluding tert-OH is 1. The highest BCUT2D eigenvalue weighted by Crippen LogP contribution is 2.43. The molecule has 2 N–H and O–H groups in total. The highest BCUT2D eigenvalue weighted by molar-refractivity contribution is 6.15. The number of rotatable bonds is 7. The number of hydrogen-bond donors (Lipinski definition) is 2. The lowest BCUT2D eigenvalue weighted by Crippen LogP contribution is -2.42. The van der Waals surface area contributed by atoms with E-state index in [2.05, 4.69) is 114 Å². The first kappa shape index (κ1) is 24.0. The van der Waals surface area contributed by atoms with Crippen molar-refractivity contribution < 1.29 is 5.11 Å². The van der Waals surface area contributed by atoms with Crippen LogP contribution in [-0.2, 0) is 6.54 Å². The lowest BCUT2D eigenvalue weighted by Gasteiger charge is -2.30. The number of benzene rings is 4. The molecule has 3 heteroatoms. The minimum Gasteiger partial charge on any atom is -0.390 e. The molecule has 0 bridgehead atoms. The van der Waals surface area contributed by atoms with E-state index in [4.69, 9.17) is 0 Å². The zero-order chi connectivity index (χ0) is 25.2. The predicted molar refractivity (Wildman–Crippen MR) is 156 cm³/mol. The van der Waals surface area contributed by atoms with E-state index in [1.165, 1.54) is 69.7 Å². The van der Waals surface area contributed by atoms with Crippen LogP contribution in [0.25, 0.3) is 44.1 Å². The topological polar surface area (TPSA) is 37.2 Å². The molecular formula is C34H36N2O. The number of hydrogen-bond acceptors (Lipinski definition) is 2. The van der Waals surface area contributed by atoms with Crippen LogP contribution in [0.1, 0.15) is 32.6 Å². The van der Waals surface area contributed by atoms with Gasteiger partial charge in [-0.2, -0.15) is 0 Å². The Balaban J connectivity index is 1.51. The van der Waals surface area contributed by atoms with E-state index in [1.54, 1.807) is 0 Å². The summed E-state index contributed by atoms with van der Waals surface area (Å²) in [6, 6.07) is 34.9. The van der Waals surface area contributed by atoms with Crippen LogP contribution in [-0.4, -0.2) is 28.4 Å². The highest BCUT2D eigenvalue weighted by Gasteiger charge is 2.25. The first-order valence-electron chi connectivity index (χ1n) is 13.8. The Kier molecular flexibility index (Phi) is 6.82. The SMILES string of the molecule is CC1CCCCC1NCC(O)Cn1c(-c2ccccc2)c(-c2ccccc2)c2ccc3ccccc3c21. The molecule has 1 heterocycles. The third kappa shape index (κ3) is 4.70. The van der Waals surface area contributed by atoms with Gasteiger partial charge in [-0.1, -0.05) is 117 Å². The van der Waals surface area contributed by atoms with E-state index < -0.39 is 6.10 Å². The zero-order valence-electron chi connectivity index (χ0n) is 21.6. The minimum atomic E-state index is -0.491. The summed E-state index contributed by atoms with van der Waals surface area (Å²) in [5.74, 6) is 0.668. The number of fused-ring (bicyclic) bond motifs is 3. The molecule has 0 amide bonds. The van der Waals surface area contributed by atoms with Crippen LogP contribution in [0, 0.1) is 5.92 Å². The van der Waals surface area contributed by atoms with Crippen molar-refractivity contribution in [2.45, 2.75) is 51.3 Å². The molecule has 4 aromatic carbocycles. The molecule has 0 aliphatic heterocycles. The molecule has 6 rings (SSSR count). The quantitative estimate of drug-likeness (QED) is 0.247. The molecule has 3 unspecified atom stereocenters. The van der Waals surface area contributed by atoms with Gasteiger partial charge in [0.05, 0.1) is 23.9 Å². The van der Waals surface area contributed by atoms with Gasteiger partial charge in [0.2, 0.25) is 0 Å². The molecule has 3 nitrogen and oxygen atoms in total. The Hall–Kier alpha value is -3.40. The second-order valence-electron chi connectivity index (χ2n) is 10.7. The molecule has 1 fully saturated rings. The van der Waals surface area contributed by atoms with Gasteiger partial charge in [0.15, 0.2) is 0 Å². The Morgan fingerprint density at radius 3 is 2.22 bits per heavy atom. The van der Waals surface area contributed by atoms with Gasteiger partial charge < -0.3 is 15.0 Å². The van der Waals surface area contributed by atoms with E-state index in [0.717, 1.165) is 0 Å². The van der Waals surface area contributed by atoms with Gasteiger partial charge in [-0.3, -0.25) is 0 Å². The molecule has 188 valence electrons. The third-order valence-electron chi connectivity index (χ3n) is 8.18. The highest BCUT2D eigenvalue weighted by atomic mass is 16.3. The summed E-state index contributed by atoms with van der Waals surface area (Å²) in [6.07, 6.45) is 4.60. The second kappa shape index (κ2) is 10.5. The van der Waals surface area contributed by atoms with Crippen molar-refractivity contribution in [2.75, 3.05) is 6.54 Å². The maximum Gasteiger partial charge on any atom is 0.0843 e. The Morgan fingerprint density at radius 1 is 0.784 bits per heavy atom. The van der Waals surface area contributed by atoms with Crippen molar-refractivity contribution in [1.82, 2.24) is 9.88 Å². The molecule has 5 aromatic rings. The molecule has 1 aliphatic carbocycles. The fraction of sp³-hybridized carbons (Fsp3) is 0.294. The minimum absolute atomic E-state index is 0.491. The normalized spacial score (nSPS) is 18.9. The van der Waals surface area contributed by atoms with Crippen LogP contribution < -0.4 is 5.32 Å². The molecular weight excluding hydrogens is 452 g/mol. The predicted octanol–water partition coefficient (Wildman–Crippen LogP) is 7.66. The summed E-state index contributed by atoms with van der Waals surface area (Å²) in [6.45, 7) is 3.48. The van der Waals surface area contributed by atoms with Gasteiger partial charge in [-0.05, 0) is 35.3 Å². The largest absolute Gasteiger partial charge is 0.390 e. The molecule has 1 saturated carbocycles. The van der Waals surface area contributed by atoms with Crippen molar-refractivity contribution in [2.24, 2.45) is 5.92 Å². The number of nitrogens with one attached hydrogen (secondary N) is 1. The maximum absolute atomic E-state index is 11.4. The van der Waals surface area contributed by atoms with Crippen LogP contribution >= 0.6 is 0 Å². The fourth-order valence-corrected chi connectivity index (χ4v) is 6.28. The maximum atomic E-state index is 11.4. The summed E-state index contributed by atoms with van der Waals surface area (Å²) in [5.41, 5.74) is 5.96. The van der Waals surface area contributed by atoms with Gasteiger partial charge in [-0.25, -0.2) is 0 Å². The first-order chi connectivity index (χ1) is 18.2. The van der Waals surface area contributed by atoms with Crippen molar-refractivity contribution in [3.8, 4) is 22.4 Å². The zero-order valence-corrected chi connectivity index (χ0v) is 21.6. The molecule has 0 saturated heterocycles. The summed E-state index contributed by atoms with van der Waals surface area (Å²) in [4.78, 5) is 0. The number of aromatic nitrogens is 1. The van der Waals surface area contributed by atoms with Crippen LogP contribution in [0.15, 0.2) is 97.1 Å². The summed E-state index contributed by atoms with van der Waals surface area (Å²) in [5, 5.41) is 18.8. The van der Waals surface area contributed by atoms with Crippen LogP contribution in [0.5, 0.6) is 0 Å². The van der Waals surface area contributed by atoms with E-state index >= 15 is 0 Å². The van der Waals surface area contributed by atoms with E-state index in [9.17, 15) is 5.11 Å². The van der Waals surface area contributed by atoms with Crippen LogP contribution in [0.3, 0.4) is 0 Å². The second-order valence-corrected chi connectivity index (χ2v) is 10.7. The Bertz CT molecular complexity index is 1490. The standard InChI is InChI=1S/C34H36N2O/c1-24-12-8-11-19-31(24)35-22-28(37)23-36-33(27-16-6-3-7-17-27)32(26-14-4-2-5-15-26)30-21-20-25-13-9-10-18-29(25)34(30)36/h2-7,9-10,13-18,20-21,24,28,31,35,37H,8,11-12,19,22-23H2,1H3. The summed E-state index contributed by atoms with van der Waals surface area (Å²) in [7, 11) is 0. The molecule has 0 spiro atoms. The Labute approximate surface area is 219 Å². The van der Waals surface area contributed by atoms with Crippen molar-refractivity contribution >= 4 is 21.7 Å². The number of nitrogens with zero attached hydrogens (tertiary/aromatic N) is 1. The lowest BCUT2D eigenvalue weighted by atomic mass is 9.86. The van der Waals surface area contributed by atoms with Crippen LogP contribution in [0.4, 0.5) is 0 Å². The number of aliphatic hydroxyl groups is 1. The van der Waals surface area contributed by atoms with Gasteiger partial charge in [0.25, 0.3) is 0 Å². The van der Waals surface area contributed by atoms with Crippen molar-refractivity contribution in [3.05, 3.63) is 97.1 Å². The van der Waals surface area contributed by atoms with E-state index in [-0.39, 0.29) is 0 Å². The van der Waals surface area contributed by atoms with Gasteiger partial charge >= 0.3 is 0 Å². The molecule has 1 aromatic heterocycles. The summed E-state index contributed by atoms with van der Waals surface area (Å²) < 4.78 is 2.38. The van der Waals surface area contributed by atoms with E-state index in [0.29, 0.717) is 25.0 Å². The average molecular weight is 489 g/mol. The van der Waals surface area contributed by atoms with Gasteiger partial charge in [0, 0.05) is 28.9 Å². The monoisotopic (exact) mass is 488 g/mol. The molecule has 37 heavy (non-hydrogen) atoms. The summed E-state index contributed by atoms with van der Waals surface area (Å²) >= 11 is 0. The average Bonchev–Trinajstić information content (AvgIpc) is 3.28. The van der Waals surface area contributed by atoms with Gasteiger partial charge in [-0.15, -0.1) is 0 Å². The molecule has 3 atom stereocenters. The fourth-order valence-electron chi connectivity index (χ4n) is 6.28. The van der Waals surface area contributed by atoms with E-state index in [1.807, 2.05) is 0 Å². The van der Waals surface area contributed by atoms with Crippen molar-refractivity contribution in [1.29, 1.82) is 0 Å². The van der Waals surface area contributed by atoms with Gasteiger partial charge in [0.1, 0.15) is 0 Å². The third-order valence-corrected chi connectivity index (χ3v) is 8.18.